The van der Waals surface area contributed by atoms with E-state index < -0.39 is 5.91 Å². The van der Waals surface area contributed by atoms with Crippen molar-refractivity contribution in [1.29, 1.82) is 0 Å². The highest BCUT2D eigenvalue weighted by Crippen LogP contribution is 2.14. The molecule has 0 atom stereocenters. The third kappa shape index (κ3) is 4.48. The molecule has 8 nitrogen and oxygen atoms in total. The maximum absolute atomic E-state index is 12.1. The van der Waals surface area contributed by atoms with Crippen molar-refractivity contribution < 1.29 is 19.1 Å². The Morgan fingerprint density at radius 1 is 1.21 bits per heavy atom. The highest BCUT2D eigenvalue weighted by Gasteiger charge is 2.16. The van der Waals surface area contributed by atoms with Gasteiger partial charge in [-0.3, -0.25) is 14.3 Å². The van der Waals surface area contributed by atoms with Crippen LogP contribution in [0.2, 0.25) is 0 Å². The maximum Gasteiger partial charge on any atom is 0.258 e. The minimum atomic E-state index is -0.420. The smallest absolute Gasteiger partial charge is 0.258 e. The number of nitrogens with one attached hydrogen (secondary N) is 2. The molecule has 0 saturated carbocycles. The highest BCUT2D eigenvalue weighted by molar-refractivity contribution is 5.98. The van der Waals surface area contributed by atoms with Crippen molar-refractivity contribution in [2.45, 2.75) is 6.54 Å². The molecule has 0 fully saturated rings. The van der Waals surface area contributed by atoms with Gasteiger partial charge in [-0.1, -0.05) is 12.1 Å². The van der Waals surface area contributed by atoms with Gasteiger partial charge in [-0.25, -0.2) is 0 Å². The molecule has 1 aromatic heterocycles. The summed E-state index contributed by atoms with van der Waals surface area (Å²) in [6.45, 7) is 0.211. The second kappa shape index (κ2) is 8.00. The van der Waals surface area contributed by atoms with Gasteiger partial charge < -0.3 is 20.1 Å². The van der Waals surface area contributed by atoms with Crippen LogP contribution in [0.5, 0.6) is 11.6 Å². The summed E-state index contributed by atoms with van der Waals surface area (Å²) < 4.78 is 11.6. The summed E-state index contributed by atoms with van der Waals surface area (Å²) >= 11 is 0. The van der Waals surface area contributed by atoms with Crippen LogP contribution in [0.4, 0.5) is 0 Å². The van der Waals surface area contributed by atoms with Gasteiger partial charge in [0.25, 0.3) is 5.91 Å². The average molecular weight is 332 g/mol. The molecule has 1 aromatic carbocycles. The van der Waals surface area contributed by atoms with Crippen molar-refractivity contribution >= 4 is 11.8 Å². The van der Waals surface area contributed by atoms with Gasteiger partial charge in [-0.15, -0.1) is 5.10 Å². The predicted octanol–water partition coefficient (Wildman–Crippen LogP) is 0.484. The lowest BCUT2D eigenvalue weighted by atomic mass is 10.2. The first-order valence-corrected chi connectivity index (χ1v) is 7.29. The standard InChI is InChI=1S/C16H20N4O4/c1-20-10-13(16(19-20)24-3)15(22)18-9-14(21)17-8-11-5-4-6-12(7-11)23-2/h4-7,10H,8-9H2,1-3H3,(H,17,21)(H,18,22). The number of rotatable bonds is 7. The molecule has 0 saturated heterocycles. The predicted molar refractivity (Wildman–Crippen MR) is 86.9 cm³/mol. The van der Waals surface area contributed by atoms with Crippen molar-refractivity contribution in [1.82, 2.24) is 20.4 Å². The Bertz CT molecular complexity index is 727. The van der Waals surface area contributed by atoms with E-state index in [-0.39, 0.29) is 23.9 Å². The summed E-state index contributed by atoms with van der Waals surface area (Å²) in [6, 6.07) is 7.38. The van der Waals surface area contributed by atoms with E-state index in [0.29, 0.717) is 6.54 Å². The van der Waals surface area contributed by atoms with Crippen LogP contribution in [0.3, 0.4) is 0 Å². The molecule has 8 heteroatoms. The number of hydrogen-bond donors (Lipinski definition) is 2. The molecule has 2 N–H and O–H groups in total. The number of benzene rings is 1. The first kappa shape index (κ1) is 17.3. The van der Waals surface area contributed by atoms with Gasteiger partial charge in [-0.05, 0) is 17.7 Å². The van der Waals surface area contributed by atoms with Gasteiger partial charge in [-0.2, -0.15) is 0 Å². The lowest BCUT2D eigenvalue weighted by Gasteiger charge is -2.08. The largest absolute Gasteiger partial charge is 0.497 e. The van der Waals surface area contributed by atoms with Gasteiger partial charge in [0.1, 0.15) is 11.3 Å². The summed E-state index contributed by atoms with van der Waals surface area (Å²) in [7, 11) is 4.69. The van der Waals surface area contributed by atoms with Crippen LogP contribution in [-0.4, -0.2) is 42.4 Å². The summed E-state index contributed by atoms with van der Waals surface area (Å²) in [4.78, 5) is 23.9. The van der Waals surface area contributed by atoms with Gasteiger partial charge in [0, 0.05) is 19.8 Å². The van der Waals surface area contributed by atoms with Crippen molar-refractivity contribution in [3.05, 3.63) is 41.6 Å². The molecule has 2 amide bonds. The van der Waals surface area contributed by atoms with Crippen molar-refractivity contribution in [2.24, 2.45) is 7.05 Å². The molecule has 2 rings (SSSR count). The number of carbonyl (C=O) groups excluding carboxylic acids is 2. The third-order valence-electron chi connectivity index (χ3n) is 3.27. The molecule has 0 radical (unpaired) electrons. The number of aromatic nitrogens is 2. The fourth-order valence-electron chi connectivity index (χ4n) is 2.08. The normalized spacial score (nSPS) is 10.1. The first-order valence-electron chi connectivity index (χ1n) is 7.29. The molecule has 128 valence electrons. The van der Waals surface area contributed by atoms with Crippen molar-refractivity contribution in [3.8, 4) is 11.6 Å². The molecule has 0 aliphatic carbocycles. The van der Waals surface area contributed by atoms with Gasteiger partial charge in [0.05, 0.1) is 20.8 Å². The Morgan fingerprint density at radius 3 is 2.71 bits per heavy atom. The van der Waals surface area contributed by atoms with Gasteiger partial charge in [0.15, 0.2) is 0 Å². The number of nitrogens with zero attached hydrogens (tertiary/aromatic N) is 2. The molecule has 0 aliphatic heterocycles. The first-order chi connectivity index (χ1) is 11.5. The van der Waals surface area contributed by atoms with Crippen LogP contribution in [0.25, 0.3) is 0 Å². The summed E-state index contributed by atoms with van der Waals surface area (Å²) in [6.07, 6.45) is 1.53. The van der Waals surface area contributed by atoms with Crippen LogP contribution in [0.1, 0.15) is 15.9 Å². The molecule has 0 aliphatic rings. The molecule has 0 spiro atoms. The average Bonchev–Trinajstić information content (AvgIpc) is 2.99. The van der Waals surface area contributed by atoms with Crippen molar-refractivity contribution in [3.63, 3.8) is 0 Å². The minimum Gasteiger partial charge on any atom is -0.497 e. The van der Waals surface area contributed by atoms with E-state index in [2.05, 4.69) is 15.7 Å². The van der Waals surface area contributed by atoms with E-state index in [1.807, 2.05) is 24.3 Å². The van der Waals surface area contributed by atoms with E-state index in [1.165, 1.54) is 18.0 Å². The fourth-order valence-corrected chi connectivity index (χ4v) is 2.08. The zero-order chi connectivity index (χ0) is 17.5. The summed E-state index contributed by atoms with van der Waals surface area (Å²) in [5.74, 6) is 0.219. The monoisotopic (exact) mass is 332 g/mol. The van der Waals surface area contributed by atoms with Crippen LogP contribution in [-0.2, 0) is 18.4 Å². The molecule has 24 heavy (non-hydrogen) atoms. The zero-order valence-corrected chi connectivity index (χ0v) is 13.8. The number of ether oxygens (including phenoxy) is 2. The Hall–Kier alpha value is -3.03. The van der Waals surface area contributed by atoms with E-state index in [0.717, 1.165) is 11.3 Å². The summed E-state index contributed by atoms with van der Waals surface area (Å²) in [5.41, 5.74) is 1.18. The highest BCUT2D eigenvalue weighted by atomic mass is 16.5. The van der Waals surface area contributed by atoms with Gasteiger partial charge in [0.2, 0.25) is 11.8 Å². The van der Waals surface area contributed by atoms with E-state index in [4.69, 9.17) is 9.47 Å². The lowest BCUT2D eigenvalue weighted by molar-refractivity contribution is -0.120. The van der Waals surface area contributed by atoms with Crippen LogP contribution in [0, 0.1) is 0 Å². The molecule has 0 unspecified atom stereocenters. The Labute approximate surface area is 139 Å². The van der Waals surface area contributed by atoms with Gasteiger partial charge >= 0.3 is 0 Å². The number of amides is 2. The summed E-state index contributed by atoms with van der Waals surface area (Å²) in [5, 5.41) is 9.26. The molecule has 2 aromatic rings. The number of carbonyl (C=O) groups is 2. The van der Waals surface area contributed by atoms with Crippen molar-refractivity contribution in [2.75, 3.05) is 20.8 Å². The molecule has 1 heterocycles. The number of aryl methyl sites for hydroxylation is 1. The van der Waals surface area contributed by atoms with E-state index >= 15 is 0 Å². The molecular weight excluding hydrogens is 312 g/mol. The van der Waals surface area contributed by atoms with Crippen LogP contribution < -0.4 is 20.1 Å². The second-order valence-corrected chi connectivity index (χ2v) is 5.04. The Balaban J connectivity index is 1.83. The number of hydrogen-bond acceptors (Lipinski definition) is 5. The Morgan fingerprint density at radius 2 is 2.00 bits per heavy atom. The second-order valence-electron chi connectivity index (χ2n) is 5.04. The lowest BCUT2D eigenvalue weighted by Crippen LogP contribution is -2.36. The minimum absolute atomic E-state index is 0.138. The quantitative estimate of drug-likeness (QED) is 0.769. The third-order valence-corrected chi connectivity index (χ3v) is 3.27. The number of methoxy groups -OCH3 is 2. The molecule has 0 bridgehead atoms. The molecular formula is C16H20N4O4. The zero-order valence-electron chi connectivity index (χ0n) is 13.8. The van der Waals surface area contributed by atoms with E-state index in [1.54, 1.807) is 14.2 Å². The van der Waals surface area contributed by atoms with Crippen LogP contribution >= 0.6 is 0 Å². The SMILES string of the molecule is COc1cccc(CNC(=O)CNC(=O)c2cn(C)nc2OC)c1. The topological polar surface area (TPSA) is 94.5 Å². The fraction of sp³-hybridized carbons (Fsp3) is 0.312. The maximum atomic E-state index is 12.1. The van der Waals surface area contributed by atoms with Crippen LogP contribution in [0.15, 0.2) is 30.5 Å². The van der Waals surface area contributed by atoms with E-state index in [9.17, 15) is 9.59 Å². The Kier molecular flexibility index (Phi) is 5.78.